The molecule has 1 heterocycles. The van der Waals surface area contributed by atoms with Gasteiger partial charge in [-0.2, -0.15) is 0 Å². The Morgan fingerprint density at radius 3 is 3.05 bits per heavy atom. The van der Waals surface area contributed by atoms with Gasteiger partial charge in [-0.15, -0.1) is 0 Å². The lowest BCUT2D eigenvalue weighted by molar-refractivity contribution is -0.123. The predicted molar refractivity (Wildman–Crippen MR) is 77.7 cm³/mol. The molecule has 1 saturated heterocycles. The second-order valence-electron chi connectivity index (χ2n) is 5.92. The van der Waals surface area contributed by atoms with Gasteiger partial charge >= 0.3 is 0 Å². The van der Waals surface area contributed by atoms with Crippen molar-refractivity contribution in [2.45, 2.75) is 30.7 Å². The molecule has 2 unspecified atom stereocenters. The zero-order valence-corrected chi connectivity index (χ0v) is 11.9. The molecule has 0 spiro atoms. The molecule has 1 amide bonds. The number of amides is 1. The summed E-state index contributed by atoms with van der Waals surface area (Å²) in [5, 5.41) is 6.59. The minimum Gasteiger partial charge on any atom is -0.383 e. The maximum atomic E-state index is 12.3. The predicted octanol–water partition coefficient (Wildman–Crippen LogP) is 1.21. The number of rotatable bonds is 5. The van der Waals surface area contributed by atoms with Gasteiger partial charge in [0.15, 0.2) is 0 Å². The summed E-state index contributed by atoms with van der Waals surface area (Å²) in [6, 6.07) is 8.19. The highest BCUT2D eigenvalue weighted by Gasteiger charge is 2.36. The van der Waals surface area contributed by atoms with Crippen molar-refractivity contribution in [1.82, 2.24) is 10.6 Å². The van der Waals surface area contributed by atoms with Gasteiger partial charge in [0.2, 0.25) is 5.91 Å². The third-order valence-electron chi connectivity index (χ3n) is 4.52. The van der Waals surface area contributed by atoms with E-state index in [9.17, 15) is 4.79 Å². The van der Waals surface area contributed by atoms with Crippen LogP contribution in [0.15, 0.2) is 24.3 Å². The number of ether oxygens (including phenoxy) is 1. The minimum absolute atomic E-state index is 0.0344. The second kappa shape index (κ2) is 5.54. The first kappa shape index (κ1) is 13.6. The zero-order chi connectivity index (χ0) is 14.0. The Kier molecular flexibility index (Phi) is 3.76. The minimum atomic E-state index is -0.0757. The van der Waals surface area contributed by atoms with Crippen LogP contribution in [-0.4, -0.2) is 38.3 Å². The monoisotopic (exact) mass is 274 g/mol. The van der Waals surface area contributed by atoms with Crippen LogP contribution in [0.25, 0.3) is 0 Å². The van der Waals surface area contributed by atoms with Crippen LogP contribution in [-0.2, 0) is 16.0 Å². The fourth-order valence-corrected chi connectivity index (χ4v) is 3.34. The number of carbonyl (C=O) groups is 1. The molecule has 2 aliphatic rings. The van der Waals surface area contributed by atoms with Crippen LogP contribution in [0.5, 0.6) is 0 Å². The summed E-state index contributed by atoms with van der Waals surface area (Å²) in [5.41, 5.74) is 2.41. The van der Waals surface area contributed by atoms with Crippen molar-refractivity contribution in [2.75, 3.05) is 26.8 Å². The van der Waals surface area contributed by atoms with Gasteiger partial charge < -0.3 is 15.4 Å². The quantitative estimate of drug-likeness (QED) is 0.848. The number of benzene rings is 1. The van der Waals surface area contributed by atoms with Crippen molar-refractivity contribution in [1.29, 1.82) is 0 Å². The molecule has 108 valence electrons. The third kappa shape index (κ3) is 2.45. The number of methoxy groups -OCH3 is 1. The van der Waals surface area contributed by atoms with E-state index < -0.39 is 0 Å². The van der Waals surface area contributed by atoms with Crippen molar-refractivity contribution in [3.05, 3.63) is 35.4 Å². The van der Waals surface area contributed by atoms with E-state index >= 15 is 0 Å². The van der Waals surface area contributed by atoms with E-state index in [4.69, 9.17) is 4.74 Å². The Hall–Kier alpha value is -1.39. The number of nitrogens with one attached hydrogen (secondary N) is 2. The van der Waals surface area contributed by atoms with E-state index in [0.29, 0.717) is 13.2 Å². The maximum absolute atomic E-state index is 12.3. The number of fused-ring (bicyclic) bond motifs is 1. The summed E-state index contributed by atoms with van der Waals surface area (Å²) in [7, 11) is 1.71. The molecule has 1 aromatic carbocycles. The van der Waals surface area contributed by atoms with Crippen LogP contribution in [0.3, 0.4) is 0 Å². The lowest BCUT2D eigenvalue weighted by Crippen LogP contribution is -2.54. The van der Waals surface area contributed by atoms with Crippen LogP contribution in [0, 0.1) is 0 Å². The van der Waals surface area contributed by atoms with Crippen LogP contribution >= 0.6 is 0 Å². The summed E-state index contributed by atoms with van der Waals surface area (Å²) >= 11 is 0. The smallest absolute Gasteiger partial charge is 0.227 e. The fraction of sp³-hybridized carbons (Fsp3) is 0.562. The van der Waals surface area contributed by atoms with Gasteiger partial charge in [0.25, 0.3) is 0 Å². The molecule has 4 heteroatoms. The van der Waals surface area contributed by atoms with Gasteiger partial charge in [-0.25, -0.2) is 0 Å². The number of carbonyl (C=O) groups excluding carboxylic acids is 1. The molecule has 0 bridgehead atoms. The first-order chi connectivity index (χ1) is 9.74. The highest BCUT2D eigenvalue weighted by Crippen LogP contribution is 2.34. The lowest BCUT2D eigenvalue weighted by atomic mass is 9.77. The molecule has 1 aliphatic carbocycles. The first-order valence-electron chi connectivity index (χ1n) is 7.34. The first-order valence-corrected chi connectivity index (χ1v) is 7.34. The maximum Gasteiger partial charge on any atom is 0.227 e. The van der Waals surface area contributed by atoms with E-state index in [2.05, 4.69) is 22.8 Å². The van der Waals surface area contributed by atoms with Crippen molar-refractivity contribution in [2.24, 2.45) is 0 Å². The Labute approximate surface area is 119 Å². The Morgan fingerprint density at radius 2 is 2.35 bits per heavy atom. The SMILES string of the molecule is COCC1(CNC(=O)C2Cc3ccccc32)CCCN1. The fourth-order valence-electron chi connectivity index (χ4n) is 3.34. The van der Waals surface area contributed by atoms with E-state index in [-0.39, 0.29) is 17.4 Å². The summed E-state index contributed by atoms with van der Waals surface area (Å²) in [6.07, 6.45) is 3.07. The lowest BCUT2D eigenvalue weighted by Gasteiger charge is -2.32. The van der Waals surface area contributed by atoms with Crippen molar-refractivity contribution >= 4 is 5.91 Å². The zero-order valence-electron chi connectivity index (χ0n) is 11.9. The molecule has 2 N–H and O–H groups in total. The molecule has 1 aromatic rings. The molecule has 20 heavy (non-hydrogen) atoms. The highest BCUT2D eigenvalue weighted by molar-refractivity contribution is 5.86. The Bertz CT molecular complexity index is 495. The average molecular weight is 274 g/mol. The van der Waals surface area contributed by atoms with Crippen LogP contribution < -0.4 is 10.6 Å². The van der Waals surface area contributed by atoms with Crippen molar-refractivity contribution < 1.29 is 9.53 Å². The summed E-state index contributed by atoms with van der Waals surface area (Å²) in [5.74, 6) is 0.181. The Morgan fingerprint density at radius 1 is 1.50 bits per heavy atom. The summed E-state index contributed by atoms with van der Waals surface area (Å²) in [6.45, 7) is 2.30. The van der Waals surface area contributed by atoms with E-state index in [1.54, 1.807) is 7.11 Å². The van der Waals surface area contributed by atoms with Gasteiger partial charge in [0, 0.05) is 13.7 Å². The normalized spacial score (nSPS) is 27.8. The molecule has 0 aromatic heterocycles. The molecule has 0 radical (unpaired) electrons. The van der Waals surface area contributed by atoms with Gasteiger partial charge in [0.05, 0.1) is 18.1 Å². The molecular weight excluding hydrogens is 252 g/mol. The molecule has 4 nitrogen and oxygen atoms in total. The number of hydrogen-bond acceptors (Lipinski definition) is 3. The van der Waals surface area contributed by atoms with Crippen LogP contribution in [0.2, 0.25) is 0 Å². The largest absolute Gasteiger partial charge is 0.383 e. The average Bonchev–Trinajstić information content (AvgIpc) is 2.87. The summed E-state index contributed by atoms with van der Waals surface area (Å²) < 4.78 is 5.30. The molecule has 1 aliphatic heterocycles. The standard InChI is InChI=1S/C16H22N2O2/c1-20-11-16(7-4-8-18-16)10-17-15(19)14-9-12-5-2-3-6-13(12)14/h2-3,5-6,14,18H,4,7-11H2,1H3,(H,17,19). The molecular formula is C16H22N2O2. The highest BCUT2D eigenvalue weighted by atomic mass is 16.5. The summed E-state index contributed by atoms with van der Waals surface area (Å²) in [4.78, 5) is 12.3. The second-order valence-corrected chi connectivity index (χ2v) is 5.92. The van der Waals surface area contributed by atoms with E-state index in [1.807, 2.05) is 12.1 Å². The van der Waals surface area contributed by atoms with Crippen LogP contribution in [0.4, 0.5) is 0 Å². The van der Waals surface area contributed by atoms with Crippen molar-refractivity contribution in [3.8, 4) is 0 Å². The van der Waals surface area contributed by atoms with Gasteiger partial charge in [-0.1, -0.05) is 24.3 Å². The molecule has 1 fully saturated rings. The Balaban J connectivity index is 1.58. The third-order valence-corrected chi connectivity index (χ3v) is 4.52. The van der Waals surface area contributed by atoms with E-state index in [0.717, 1.165) is 25.8 Å². The molecule has 3 rings (SSSR count). The molecule has 0 saturated carbocycles. The molecule has 2 atom stereocenters. The van der Waals surface area contributed by atoms with Gasteiger partial charge in [-0.3, -0.25) is 4.79 Å². The van der Waals surface area contributed by atoms with Crippen molar-refractivity contribution in [3.63, 3.8) is 0 Å². The topological polar surface area (TPSA) is 50.4 Å². The van der Waals surface area contributed by atoms with E-state index in [1.165, 1.54) is 11.1 Å². The van der Waals surface area contributed by atoms with Crippen LogP contribution in [0.1, 0.15) is 29.9 Å². The van der Waals surface area contributed by atoms with Gasteiger partial charge in [0.1, 0.15) is 0 Å². The number of hydrogen-bond donors (Lipinski definition) is 2. The van der Waals surface area contributed by atoms with Gasteiger partial charge in [-0.05, 0) is 36.9 Å².